The lowest BCUT2D eigenvalue weighted by molar-refractivity contribution is -0.989. The average Bonchev–Trinajstić information content (AvgIpc) is 3.66. The predicted molar refractivity (Wildman–Crippen MR) is 171 cm³/mol. The number of nitrogens with one attached hydrogen (secondary N) is 4. The summed E-state index contributed by atoms with van der Waals surface area (Å²) in [6.07, 6.45) is 2.73. The molecule has 0 aliphatic heterocycles. The van der Waals surface area contributed by atoms with Crippen molar-refractivity contribution in [3.05, 3.63) is 102 Å². The number of carbonyl (C=O) groups is 1. The van der Waals surface area contributed by atoms with Gasteiger partial charge in [0, 0.05) is 29.9 Å². The van der Waals surface area contributed by atoms with Crippen molar-refractivity contribution in [1.82, 2.24) is 19.9 Å². The Hall–Kier alpha value is -4.22. The summed E-state index contributed by atoms with van der Waals surface area (Å²) in [5.41, 5.74) is 2.41. The van der Waals surface area contributed by atoms with Gasteiger partial charge in [0.1, 0.15) is 6.20 Å². The van der Waals surface area contributed by atoms with Crippen LogP contribution in [-0.2, 0) is 16.6 Å². The van der Waals surface area contributed by atoms with E-state index in [0.717, 1.165) is 16.9 Å². The Balaban J connectivity index is 1.16. The second-order valence-electron chi connectivity index (χ2n) is 11.0. The molecule has 0 saturated heterocycles. The lowest BCUT2D eigenvalue weighted by atomic mass is 9.99. The van der Waals surface area contributed by atoms with E-state index in [1.807, 2.05) is 24.5 Å². The van der Waals surface area contributed by atoms with Crippen LogP contribution in [-0.4, -0.2) is 51.3 Å². The third-order valence-electron chi connectivity index (χ3n) is 7.15. The first-order chi connectivity index (χ1) is 21.4. The first-order valence-corrected chi connectivity index (χ1v) is 16.3. The number of aliphatic hydroxyl groups excluding tert-OH is 1. The van der Waals surface area contributed by atoms with Gasteiger partial charge in [0.2, 0.25) is 5.00 Å². The molecule has 1 amide bonds. The number of hydrogen-bond acceptors (Lipinski definition) is 10. The highest BCUT2D eigenvalue weighted by molar-refractivity contribution is 7.92. The Kier molecular flexibility index (Phi) is 9.59. The van der Waals surface area contributed by atoms with Gasteiger partial charge in [0.25, 0.3) is 15.9 Å². The number of quaternary nitrogens is 1. The van der Waals surface area contributed by atoms with Crippen LogP contribution in [0.1, 0.15) is 42.3 Å². The summed E-state index contributed by atoms with van der Waals surface area (Å²) in [7, 11) is -3.75. The number of aromatic nitrogens is 3. The van der Waals surface area contributed by atoms with Gasteiger partial charge in [0.05, 0.1) is 28.4 Å². The molecular weight excluding hydrogens is 619 g/mol. The van der Waals surface area contributed by atoms with Crippen molar-refractivity contribution in [2.24, 2.45) is 0 Å². The van der Waals surface area contributed by atoms with Gasteiger partial charge in [-0.2, -0.15) is 5.23 Å². The molecule has 13 nitrogen and oxygen atoms in total. The number of amides is 1. The molecule has 5 aromatic rings. The van der Waals surface area contributed by atoms with Gasteiger partial charge in [-0.3, -0.25) is 14.8 Å². The molecule has 236 valence electrons. The van der Waals surface area contributed by atoms with Crippen molar-refractivity contribution in [1.29, 1.82) is 0 Å². The van der Waals surface area contributed by atoms with E-state index in [2.05, 4.69) is 25.3 Å². The van der Waals surface area contributed by atoms with E-state index in [-0.39, 0.29) is 27.1 Å². The summed E-state index contributed by atoms with van der Waals surface area (Å²) < 4.78 is 29.9. The molecule has 0 fully saturated rings. The number of fused-ring (bicyclic) bond motifs is 1. The van der Waals surface area contributed by atoms with Crippen molar-refractivity contribution in [2.75, 3.05) is 16.6 Å². The molecule has 0 aliphatic carbocycles. The normalized spacial score (nSPS) is 13.4. The monoisotopic (exact) mass is 651 g/mol. The van der Waals surface area contributed by atoms with E-state index >= 15 is 0 Å². The maximum Gasteiger partial charge on any atom is 0.261 e. The van der Waals surface area contributed by atoms with E-state index in [1.165, 1.54) is 18.3 Å². The van der Waals surface area contributed by atoms with Crippen LogP contribution in [0.5, 0.6) is 0 Å². The fourth-order valence-electron chi connectivity index (χ4n) is 4.59. The average molecular weight is 652 g/mol. The number of anilines is 2. The maximum atomic E-state index is 12.7. The second kappa shape index (κ2) is 13.4. The van der Waals surface area contributed by atoms with Crippen molar-refractivity contribution >= 4 is 54.1 Å². The number of imidazole rings is 1. The Bertz CT molecular complexity index is 1890. The van der Waals surface area contributed by atoms with Crippen LogP contribution in [0.15, 0.2) is 90.2 Å². The SMILES string of the molecule is CC(C)(CCn1cnc2cc(C(=O)Nc3ncc([NH+]([O-])O)s3)ccc21)NC[C@H](O)c1cccc(NS(=O)(=O)c2ccccc2)c1. The number of rotatable bonds is 13. The number of hydrogen-bond donors (Lipinski definition) is 6. The topological polar surface area (TPSA) is 186 Å². The van der Waals surface area contributed by atoms with Crippen molar-refractivity contribution in [2.45, 2.75) is 43.4 Å². The number of nitrogens with zero attached hydrogens (tertiary/aromatic N) is 3. The smallest absolute Gasteiger partial charge is 0.261 e. The van der Waals surface area contributed by atoms with E-state index in [0.29, 0.717) is 35.3 Å². The third-order valence-corrected chi connectivity index (χ3v) is 9.45. The predicted octanol–water partition coefficient (Wildman–Crippen LogP) is 3.44. The summed E-state index contributed by atoms with van der Waals surface area (Å²) in [4.78, 5) is 21.2. The van der Waals surface area contributed by atoms with Crippen LogP contribution in [0.2, 0.25) is 0 Å². The first-order valence-electron chi connectivity index (χ1n) is 14.0. The molecule has 0 saturated carbocycles. The number of sulfonamides is 1. The van der Waals surface area contributed by atoms with E-state index in [9.17, 15) is 23.5 Å². The molecule has 0 aliphatic rings. The quantitative estimate of drug-likeness (QED) is 0.104. The number of aryl methyl sites for hydroxylation is 1. The van der Waals surface area contributed by atoms with E-state index in [1.54, 1.807) is 60.9 Å². The van der Waals surface area contributed by atoms with Crippen LogP contribution in [0.4, 0.5) is 15.8 Å². The zero-order valence-electron chi connectivity index (χ0n) is 24.5. The highest BCUT2D eigenvalue weighted by atomic mass is 32.2. The molecular formula is C30H33N7O6S2. The summed E-state index contributed by atoms with van der Waals surface area (Å²) in [6.45, 7) is 4.92. The maximum absolute atomic E-state index is 12.7. The van der Waals surface area contributed by atoms with Crippen LogP contribution >= 0.6 is 11.3 Å². The summed E-state index contributed by atoms with van der Waals surface area (Å²) >= 11 is 0.878. The third kappa shape index (κ3) is 8.09. The zero-order chi connectivity index (χ0) is 32.2. The molecule has 0 radical (unpaired) electrons. The first kappa shape index (κ1) is 32.2. The number of β-amino-alcohol motifs (C(OH)–C–C–N with tert-alkyl or cyclic N) is 1. The molecule has 0 bridgehead atoms. The highest BCUT2D eigenvalue weighted by Crippen LogP contribution is 2.24. The lowest BCUT2D eigenvalue weighted by Crippen LogP contribution is -2.98. The molecule has 2 atom stereocenters. The minimum Gasteiger partial charge on any atom is -0.594 e. The van der Waals surface area contributed by atoms with Gasteiger partial charge in [0.15, 0.2) is 5.13 Å². The Morgan fingerprint density at radius 2 is 1.87 bits per heavy atom. The van der Waals surface area contributed by atoms with Gasteiger partial charge >= 0.3 is 0 Å². The van der Waals surface area contributed by atoms with Crippen LogP contribution in [0, 0.1) is 5.21 Å². The molecule has 5 rings (SSSR count). The van der Waals surface area contributed by atoms with Crippen LogP contribution in [0.3, 0.4) is 0 Å². The van der Waals surface area contributed by atoms with Gasteiger partial charge in [-0.05, 0) is 79.6 Å². The Labute approximate surface area is 263 Å². The van der Waals surface area contributed by atoms with Crippen molar-refractivity contribution in [3.63, 3.8) is 0 Å². The van der Waals surface area contributed by atoms with Crippen molar-refractivity contribution < 1.29 is 28.8 Å². The Morgan fingerprint density at radius 3 is 2.60 bits per heavy atom. The number of carbonyl (C=O) groups excluding carboxylic acids is 1. The molecule has 0 spiro atoms. The van der Waals surface area contributed by atoms with Gasteiger partial charge < -0.3 is 20.2 Å². The van der Waals surface area contributed by atoms with Crippen LogP contribution in [0.25, 0.3) is 11.0 Å². The van der Waals surface area contributed by atoms with Gasteiger partial charge in [-0.15, -0.1) is 0 Å². The van der Waals surface area contributed by atoms with Crippen molar-refractivity contribution in [3.8, 4) is 0 Å². The van der Waals surface area contributed by atoms with Gasteiger partial charge in [-0.25, -0.2) is 23.6 Å². The minimum absolute atomic E-state index is 0.0325. The minimum atomic E-state index is -3.75. The van der Waals surface area contributed by atoms with Crippen LogP contribution < -0.4 is 20.6 Å². The molecule has 6 N–H and O–H groups in total. The van der Waals surface area contributed by atoms with E-state index < -0.39 is 27.3 Å². The molecule has 2 heterocycles. The summed E-state index contributed by atoms with van der Waals surface area (Å²) in [5.74, 6) is -0.416. The molecule has 1 unspecified atom stereocenters. The number of benzene rings is 3. The number of aliphatic hydroxyl groups is 1. The molecule has 45 heavy (non-hydrogen) atoms. The standard InChI is InChI=1S/C30H33N7O6S2/c1-30(2,33-17-26(38)20-7-6-8-22(15-20)35-45(42,43)23-9-4-3-5-10-23)13-14-36-19-32-24-16-21(11-12-25(24)36)28(39)34-29-31-18-27(44-29)37(40)41/h3-12,15-16,18-19,26,33,35,37-38,40H,13-14,17H2,1-2H3,(H,31,34,39)/t26-/m0/s1. The van der Waals surface area contributed by atoms with E-state index in [4.69, 9.17) is 5.21 Å². The Morgan fingerprint density at radius 1 is 1.09 bits per heavy atom. The number of thiazole rings is 1. The molecule has 3 aromatic carbocycles. The summed E-state index contributed by atoms with van der Waals surface area (Å²) in [5, 5.41) is 36.1. The largest absolute Gasteiger partial charge is 0.594 e. The highest BCUT2D eigenvalue weighted by Gasteiger charge is 2.21. The lowest BCUT2D eigenvalue weighted by Gasteiger charge is -2.28. The molecule has 2 aromatic heterocycles. The molecule has 15 heteroatoms. The summed E-state index contributed by atoms with van der Waals surface area (Å²) in [6, 6.07) is 19.9. The van der Waals surface area contributed by atoms with Gasteiger partial charge in [-0.1, -0.05) is 30.3 Å². The fourth-order valence-corrected chi connectivity index (χ4v) is 6.31. The second-order valence-corrected chi connectivity index (χ2v) is 13.7. The fraction of sp³-hybridized carbons (Fsp3) is 0.233. The zero-order valence-corrected chi connectivity index (χ0v) is 26.1.